The van der Waals surface area contributed by atoms with E-state index in [2.05, 4.69) is 58.0 Å². The number of aliphatic hydroxyl groups excluding tert-OH is 2. The van der Waals surface area contributed by atoms with Gasteiger partial charge in [0.2, 0.25) is 0 Å². The average Bonchev–Trinajstić information content (AvgIpc) is 3.34. The maximum Gasteiger partial charge on any atom is 0.261 e. The molecule has 0 fully saturated rings. The van der Waals surface area contributed by atoms with Crippen LogP contribution in [0.5, 0.6) is 5.75 Å². The first-order valence-electron chi connectivity index (χ1n) is 16.8. The van der Waals surface area contributed by atoms with Crippen molar-refractivity contribution in [1.82, 2.24) is 0 Å². The third kappa shape index (κ3) is 7.23. The monoisotopic (exact) mass is 684 g/mol. The lowest BCUT2D eigenvalue weighted by atomic mass is 9.93. The predicted molar refractivity (Wildman–Crippen MR) is 199 cm³/mol. The van der Waals surface area contributed by atoms with Crippen LogP contribution in [0.3, 0.4) is 0 Å². The molecule has 0 radical (unpaired) electrons. The summed E-state index contributed by atoms with van der Waals surface area (Å²) in [7, 11) is -6.70. The number of phenolic OH excluding ortho intramolecular Hbond substituents is 1. The number of benzene rings is 4. The molecule has 0 aliphatic carbocycles. The van der Waals surface area contributed by atoms with Gasteiger partial charge in [-0.2, -0.15) is 0 Å². The molecule has 254 valence electrons. The van der Waals surface area contributed by atoms with Crippen molar-refractivity contribution < 1.29 is 28.2 Å². The molecule has 5 rings (SSSR count). The van der Waals surface area contributed by atoms with Gasteiger partial charge in [-0.1, -0.05) is 137 Å². The molecule has 0 bridgehead atoms. The van der Waals surface area contributed by atoms with Crippen LogP contribution in [0.2, 0.25) is 5.04 Å². The molecule has 48 heavy (non-hydrogen) atoms. The van der Waals surface area contributed by atoms with E-state index in [1.807, 2.05) is 66.7 Å². The molecule has 8 heteroatoms. The Balaban J connectivity index is 1.49. The van der Waals surface area contributed by atoms with E-state index >= 15 is 0 Å². The van der Waals surface area contributed by atoms with Gasteiger partial charge >= 0.3 is 0 Å². The second-order valence-corrected chi connectivity index (χ2v) is 20.3. The Labute approximate surface area is 286 Å². The molecule has 3 N–H and O–H groups in total. The largest absolute Gasteiger partial charge is 0.507 e. The number of hydrogen-bond acceptors (Lipinski definition) is 6. The van der Waals surface area contributed by atoms with Gasteiger partial charge in [0, 0.05) is 5.39 Å². The van der Waals surface area contributed by atoms with E-state index in [1.165, 1.54) is 0 Å². The van der Waals surface area contributed by atoms with E-state index in [1.54, 1.807) is 6.07 Å². The van der Waals surface area contributed by atoms with Gasteiger partial charge in [-0.3, -0.25) is 0 Å². The van der Waals surface area contributed by atoms with Crippen LogP contribution in [0, 0.1) is 0 Å². The maximum atomic E-state index is 13.4. The molecule has 0 unspecified atom stereocenters. The standard InChI is InChI=1S/C40H48O6SSi/c1-5-14-29(25-30-22-24-36(42)35-20-13-12-19-34(30)35)21-23-37(43)39-31(28-47(44,45)38(39)26-41)27-46-48(40(2,3)4,32-15-8-6-9-16-32)33-17-10-7-11-18-33/h6-13,15-20,22,24-25,37-38,41-43H,5,14,21,23,26-28H2,1-4H3/b29-25+/t37-,38+/m1/s1. The van der Waals surface area contributed by atoms with Crippen molar-refractivity contribution in [2.24, 2.45) is 0 Å². The third-order valence-corrected chi connectivity index (χ3v) is 16.6. The molecule has 1 heterocycles. The van der Waals surface area contributed by atoms with Crippen molar-refractivity contribution in [2.45, 2.75) is 69.8 Å². The van der Waals surface area contributed by atoms with Gasteiger partial charge in [0.05, 0.1) is 25.1 Å². The molecule has 4 aromatic carbocycles. The molecule has 4 aromatic rings. The van der Waals surface area contributed by atoms with Crippen LogP contribution < -0.4 is 10.4 Å². The lowest BCUT2D eigenvalue weighted by Gasteiger charge is -2.43. The van der Waals surface area contributed by atoms with Gasteiger partial charge in [-0.15, -0.1) is 0 Å². The highest BCUT2D eigenvalue weighted by molar-refractivity contribution is 7.92. The molecule has 0 saturated heterocycles. The van der Waals surface area contributed by atoms with Crippen LogP contribution in [0.25, 0.3) is 16.8 Å². The topological polar surface area (TPSA) is 104 Å². The summed E-state index contributed by atoms with van der Waals surface area (Å²) >= 11 is 0. The SMILES string of the molecule is CCC/C(=C\c1ccc(O)c2ccccc12)CC[C@@H](O)C1=C(CO[Si](c2ccccc2)(c2ccccc2)C(C)(C)C)CS(=O)(=O)[C@H]1CO. The van der Waals surface area contributed by atoms with E-state index in [9.17, 15) is 23.7 Å². The zero-order valence-electron chi connectivity index (χ0n) is 28.4. The normalized spacial score (nSPS) is 17.6. The van der Waals surface area contributed by atoms with E-state index in [0.717, 1.165) is 45.1 Å². The van der Waals surface area contributed by atoms with E-state index < -0.39 is 36.1 Å². The van der Waals surface area contributed by atoms with Crippen molar-refractivity contribution in [3.63, 3.8) is 0 Å². The number of fused-ring (bicyclic) bond motifs is 1. The van der Waals surface area contributed by atoms with Gasteiger partial charge in [0.1, 0.15) is 11.0 Å². The Kier molecular flexibility index (Phi) is 11.1. The summed E-state index contributed by atoms with van der Waals surface area (Å²) in [6.45, 7) is 8.08. The Morgan fingerprint density at radius 3 is 2.04 bits per heavy atom. The van der Waals surface area contributed by atoms with Gasteiger partial charge in [0.15, 0.2) is 9.84 Å². The second-order valence-electron chi connectivity index (χ2n) is 13.8. The highest BCUT2D eigenvalue weighted by Gasteiger charge is 2.51. The number of aliphatic hydroxyl groups is 2. The molecule has 0 spiro atoms. The molecular weight excluding hydrogens is 637 g/mol. The molecule has 1 aliphatic heterocycles. The Bertz CT molecular complexity index is 1840. The summed E-state index contributed by atoms with van der Waals surface area (Å²) in [5.74, 6) is -0.0209. The number of phenols is 1. The molecule has 6 nitrogen and oxygen atoms in total. The van der Waals surface area contributed by atoms with Gasteiger partial charge in [-0.05, 0) is 62.8 Å². The number of rotatable bonds is 13. The minimum atomic E-state index is -3.73. The van der Waals surface area contributed by atoms with Crippen molar-refractivity contribution in [3.05, 3.63) is 119 Å². The van der Waals surface area contributed by atoms with Crippen LogP contribution in [-0.4, -0.2) is 62.4 Å². The van der Waals surface area contributed by atoms with Crippen molar-refractivity contribution in [3.8, 4) is 5.75 Å². The summed E-state index contributed by atoms with van der Waals surface area (Å²) in [6.07, 6.45) is 3.64. The number of sulfone groups is 1. The Morgan fingerprint density at radius 2 is 1.48 bits per heavy atom. The first kappa shape index (κ1) is 35.8. The van der Waals surface area contributed by atoms with Crippen LogP contribution in [0.15, 0.2) is 114 Å². The fourth-order valence-corrected chi connectivity index (χ4v) is 13.7. The molecule has 0 aromatic heterocycles. The van der Waals surface area contributed by atoms with Gasteiger partial charge in [0.25, 0.3) is 8.32 Å². The quantitative estimate of drug-likeness (QED) is 0.109. The summed E-state index contributed by atoms with van der Waals surface area (Å²) in [4.78, 5) is 0. The summed E-state index contributed by atoms with van der Waals surface area (Å²) in [6, 6.07) is 31.7. The third-order valence-electron chi connectivity index (χ3n) is 9.57. The smallest absolute Gasteiger partial charge is 0.261 e. The molecule has 1 aliphatic rings. The average molecular weight is 685 g/mol. The van der Waals surface area contributed by atoms with E-state index in [-0.39, 0.29) is 23.1 Å². The first-order valence-corrected chi connectivity index (χ1v) is 20.4. The zero-order chi connectivity index (χ0) is 34.5. The number of hydrogen-bond donors (Lipinski definition) is 3. The fraction of sp³-hybridized carbons (Fsp3) is 0.350. The highest BCUT2D eigenvalue weighted by atomic mass is 32.2. The molecular formula is C40H48O6SSi. The Hall–Kier alpha value is -3.53. The lowest BCUT2D eigenvalue weighted by molar-refractivity contribution is 0.186. The minimum absolute atomic E-state index is 0.0482. The molecule has 0 saturated carbocycles. The summed E-state index contributed by atoms with van der Waals surface area (Å²) < 4.78 is 34.0. The van der Waals surface area contributed by atoms with Crippen LogP contribution in [0.1, 0.15) is 58.9 Å². The lowest BCUT2D eigenvalue weighted by Crippen LogP contribution is -2.66. The number of aromatic hydroxyl groups is 1. The summed E-state index contributed by atoms with van der Waals surface area (Å²) in [5.41, 5.74) is 3.03. The fourth-order valence-electron chi connectivity index (χ4n) is 7.31. The molecule has 0 amide bonds. The van der Waals surface area contributed by atoms with Crippen LogP contribution >= 0.6 is 0 Å². The first-order chi connectivity index (χ1) is 22.9. The van der Waals surface area contributed by atoms with E-state index in [4.69, 9.17) is 4.43 Å². The van der Waals surface area contributed by atoms with Crippen LogP contribution in [-0.2, 0) is 14.3 Å². The van der Waals surface area contributed by atoms with Gasteiger partial charge < -0.3 is 19.7 Å². The predicted octanol–water partition coefficient (Wildman–Crippen LogP) is 6.53. The van der Waals surface area contributed by atoms with E-state index in [0.29, 0.717) is 24.0 Å². The number of allylic oxidation sites excluding steroid dienone is 1. The molecule has 2 atom stereocenters. The van der Waals surface area contributed by atoms with Gasteiger partial charge in [-0.25, -0.2) is 8.42 Å². The van der Waals surface area contributed by atoms with Crippen molar-refractivity contribution in [1.29, 1.82) is 0 Å². The minimum Gasteiger partial charge on any atom is -0.507 e. The zero-order valence-corrected chi connectivity index (χ0v) is 30.2. The maximum absolute atomic E-state index is 13.4. The summed E-state index contributed by atoms with van der Waals surface area (Å²) in [5, 5.41) is 34.9. The highest BCUT2D eigenvalue weighted by Crippen LogP contribution is 2.39. The van der Waals surface area contributed by atoms with Crippen LogP contribution in [0.4, 0.5) is 0 Å². The van der Waals surface area contributed by atoms with Crippen molar-refractivity contribution in [2.75, 3.05) is 19.0 Å². The second kappa shape index (κ2) is 14.9. The Morgan fingerprint density at radius 1 is 0.896 bits per heavy atom. The van der Waals surface area contributed by atoms with Crippen molar-refractivity contribution >= 4 is 45.4 Å².